The fourth-order valence-electron chi connectivity index (χ4n) is 1.47. The SMILES string of the molecule is CC(C)(C)N(CC(=O)O)S(=O)(=O)c1cncc(Br)c1. The molecular weight excluding hydrogens is 336 g/mol. The van der Waals surface area contributed by atoms with Crippen molar-refractivity contribution in [3.05, 3.63) is 22.9 Å². The van der Waals surface area contributed by atoms with Crippen molar-refractivity contribution in [2.75, 3.05) is 6.54 Å². The van der Waals surface area contributed by atoms with Gasteiger partial charge >= 0.3 is 5.97 Å². The summed E-state index contributed by atoms with van der Waals surface area (Å²) in [5, 5.41) is 8.88. The number of aromatic nitrogens is 1. The third kappa shape index (κ3) is 3.99. The molecule has 0 aliphatic rings. The van der Waals surface area contributed by atoms with Gasteiger partial charge < -0.3 is 5.11 Å². The molecule has 0 saturated carbocycles. The zero-order valence-electron chi connectivity index (χ0n) is 10.8. The number of pyridine rings is 1. The molecule has 0 atom stereocenters. The molecule has 0 amide bonds. The molecule has 0 radical (unpaired) electrons. The molecule has 0 aromatic carbocycles. The molecule has 0 unspecified atom stereocenters. The lowest BCUT2D eigenvalue weighted by Gasteiger charge is -2.33. The van der Waals surface area contributed by atoms with Crippen molar-refractivity contribution < 1.29 is 18.3 Å². The molecule has 0 bridgehead atoms. The summed E-state index contributed by atoms with van der Waals surface area (Å²) in [5.74, 6) is -1.21. The van der Waals surface area contributed by atoms with Gasteiger partial charge in [0, 0.05) is 22.4 Å². The van der Waals surface area contributed by atoms with Gasteiger partial charge in [-0.2, -0.15) is 4.31 Å². The van der Waals surface area contributed by atoms with Gasteiger partial charge in [0.2, 0.25) is 10.0 Å². The number of carbonyl (C=O) groups is 1. The number of aliphatic carboxylic acids is 1. The zero-order valence-corrected chi connectivity index (χ0v) is 13.2. The van der Waals surface area contributed by atoms with E-state index in [4.69, 9.17) is 5.11 Å². The average molecular weight is 351 g/mol. The Bertz CT molecular complexity index is 581. The first-order valence-electron chi connectivity index (χ1n) is 5.40. The van der Waals surface area contributed by atoms with Crippen LogP contribution in [0, 0.1) is 0 Å². The molecule has 106 valence electrons. The quantitative estimate of drug-likeness (QED) is 0.892. The van der Waals surface area contributed by atoms with Crippen molar-refractivity contribution in [1.82, 2.24) is 9.29 Å². The Morgan fingerprint density at radius 1 is 1.42 bits per heavy atom. The number of hydrogen-bond acceptors (Lipinski definition) is 4. The lowest BCUT2D eigenvalue weighted by atomic mass is 10.1. The van der Waals surface area contributed by atoms with Gasteiger partial charge in [-0.3, -0.25) is 9.78 Å². The van der Waals surface area contributed by atoms with E-state index in [0.717, 1.165) is 4.31 Å². The molecule has 19 heavy (non-hydrogen) atoms. The average Bonchev–Trinajstić information content (AvgIpc) is 2.24. The standard InChI is InChI=1S/C11H15BrN2O4S/c1-11(2,3)14(7-10(15)16)19(17,18)9-4-8(12)5-13-6-9/h4-6H,7H2,1-3H3,(H,15,16). The molecule has 1 aromatic rings. The third-order valence-corrected chi connectivity index (χ3v) is 4.80. The summed E-state index contributed by atoms with van der Waals surface area (Å²) in [6.45, 7) is 4.31. The molecule has 0 spiro atoms. The molecule has 0 aliphatic heterocycles. The van der Waals surface area contributed by atoms with Crippen LogP contribution in [0.15, 0.2) is 27.8 Å². The highest BCUT2D eigenvalue weighted by Crippen LogP contribution is 2.25. The third-order valence-electron chi connectivity index (χ3n) is 2.29. The Morgan fingerprint density at radius 2 is 2.00 bits per heavy atom. The molecule has 0 saturated heterocycles. The van der Waals surface area contributed by atoms with Gasteiger partial charge in [0.25, 0.3) is 0 Å². The summed E-state index contributed by atoms with van der Waals surface area (Å²) in [5.41, 5.74) is -0.848. The summed E-state index contributed by atoms with van der Waals surface area (Å²) in [7, 11) is -3.92. The van der Waals surface area contributed by atoms with Crippen molar-refractivity contribution >= 4 is 31.9 Å². The lowest BCUT2D eigenvalue weighted by molar-refractivity contribution is -0.138. The van der Waals surface area contributed by atoms with Gasteiger partial charge in [-0.05, 0) is 42.8 Å². The van der Waals surface area contributed by atoms with Crippen LogP contribution in [0.5, 0.6) is 0 Å². The minimum Gasteiger partial charge on any atom is -0.480 e. The van der Waals surface area contributed by atoms with E-state index >= 15 is 0 Å². The second kappa shape index (κ2) is 5.56. The predicted molar refractivity (Wildman–Crippen MR) is 73.2 cm³/mol. The van der Waals surface area contributed by atoms with Crippen molar-refractivity contribution in [3.63, 3.8) is 0 Å². The second-order valence-corrected chi connectivity index (χ2v) is 7.69. The minimum atomic E-state index is -3.92. The first-order valence-corrected chi connectivity index (χ1v) is 7.63. The largest absolute Gasteiger partial charge is 0.480 e. The Morgan fingerprint density at radius 3 is 2.42 bits per heavy atom. The number of sulfonamides is 1. The number of carboxylic acid groups (broad SMARTS) is 1. The molecule has 1 N–H and O–H groups in total. The van der Waals surface area contributed by atoms with E-state index < -0.39 is 28.1 Å². The number of hydrogen-bond donors (Lipinski definition) is 1. The summed E-state index contributed by atoms with van der Waals surface area (Å²) < 4.78 is 26.4. The first-order chi connectivity index (χ1) is 8.55. The van der Waals surface area contributed by atoms with Gasteiger partial charge in [0.05, 0.1) is 0 Å². The number of carboxylic acids is 1. The highest BCUT2D eigenvalue weighted by Gasteiger charge is 2.35. The molecule has 0 aliphatic carbocycles. The fourth-order valence-corrected chi connectivity index (χ4v) is 3.71. The van der Waals surface area contributed by atoms with Crippen molar-refractivity contribution in [1.29, 1.82) is 0 Å². The second-order valence-electron chi connectivity index (χ2n) is 4.92. The molecule has 6 nitrogen and oxygen atoms in total. The smallest absolute Gasteiger partial charge is 0.318 e. The first kappa shape index (κ1) is 16.1. The van der Waals surface area contributed by atoms with Crippen molar-refractivity contribution in [2.45, 2.75) is 31.2 Å². The monoisotopic (exact) mass is 350 g/mol. The van der Waals surface area contributed by atoms with Crippen LogP contribution in [0.3, 0.4) is 0 Å². The van der Waals surface area contributed by atoms with Crippen molar-refractivity contribution in [2.24, 2.45) is 0 Å². The molecule has 0 fully saturated rings. The fraction of sp³-hybridized carbons (Fsp3) is 0.455. The predicted octanol–water partition coefficient (Wildman–Crippen LogP) is 1.72. The van der Waals surface area contributed by atoms with Gasteiger partial charge in [-0.1, -0.05) is 0 Å². The van der Waals surface area contributed by atoms with Gasteiger partial charge in [-0.15, -0.1) is 0 Å². The Hall–Kier alpha value is -0.990. The summed E-state index contributed by atoms with van der Waals surface area (Å²) in [6, 6.07) is 1.39. The van der Waals surface area contributed by atoms with E-state index in [-0.39, 0.29) is 4.90 Å². The zero-order chi connectivity index (χ0) is 14.8. The van der Waals surface area contributed by atoms with E-state index in [0.29, 0.717) is 4.47 Å². The number of nitrogens with zero attached hydrogens (tertiary/aromatic N) is 2. The maximum Gasteiger partial charge on any atom is 0.318 e. The summed E-state index contributed by atoms with van der Waals surface area (Å²) >= 11 is 3.14. The van der Waals surface area contributed by atoms with Crippen LogP contribution in [0.2, 0.25) is 0 Å². The topological polar surface area (TPSA) is 87.6 Å². The van der Waals surface area contributed by atoms with E-state index in [9.17, 15) is 13.2 Å². The van der Waals surface area contributed by atoms with Crippen LogP contribution in [-0.2, 0) is 14.8 Å². The maximum atomic E-state index is 12.5. The number of halogens is 1. The van der Waals surface area contributed by atoms with Gasteiger partial charge in [-0.25, -0.2) is 8.42 Å². The van der Waals surface area contributed by atoms with E-state index in [1.165, 1.54) is 18.5 Å². The van der Waals surface area contributed by atoms with Crippen LogP contribution in [0.25, 0.3) is 0 Å². The van der Waals surface area contributed by atoms with E-state index in [1.807, 2.05) is 0 Å². The molecule has 1 rings (SSSR count). The maximum absolute atomic E-state index is 12.5. The highest BCUT2D eigenvalue weighted by atomic mass is 79.9. The van der Waals surface area contributed by atoms with Gasteiger partial charge in [0.15, 0.2) is 0 Å². The molecular formula is C11H15BrN2O4S. The highest BCUT2D eigenvalue weighted by molar-refractivity contribution is 9.10. The van der Waals surface area contributed by atoms with Crippen LogP contribution in [0.1, 0.15) is 20.8 Å². The van der Waals surface area contributed by atoms with Crippen LogP contribution < -0.4 is 0 Å². The van der Waals surface area contributed by atoms with Crippen LogP contribution in [-0.4, -0.2) is 40.9 Å². The Labute approximate surface area is 120 Å². The van der Waals surface area contributed by atoms with E-state index in [2.05, 4.69) is 20.9 Å². The molecule has 1 aromatic heterocycles. The summed E-state index contributed by atoms with van der Waals surface area (Å²) in [6.07, 6.45) is 2.65. The summed E-state index contributed by atoms with van der Waals surface area (Å²) in [4.78, 5) is 14.6. The Balaban J connectivity index is 3.32. The molecule has 8 heteroatoms. The van der Waals surface area contributed by atoms with E-state index in [1.54, 1.807) is 20.8 Å². The number of rotatable bonds is 4. The van der Waals surface area contributed by atoms with Gasteiger partial charge in [0.1, 0.15) is 11.4 Å². The molecule has 1 heterocycles. The Kier molecular flexibility index (Phi) is 4.70. The normalized spacial score (nSPS) is 12.7. The van der Waals surface area contributed by atoms with Crippen LogP contribution in [0.4, 0.5) is 0 Å². The minimum absolute atomic E-state index is 0.0435. The van der Waals surface area contributed by atoms with Crippen LogP contribution >= 0.6 is 15.9 Å². The lowest BCUT2D eigenvalue weighted by Crippen LogP contribution is -2.48. The van der Waals surface area contributed by atoms with Crippen molar-refractivity contribution in [3.8, 4) is 0 Å².